The van der Waals surface area contributed by atoms with E-state index in [1.807, 2.05) is 12.1 Å². The Balaban J connectivity index is 1.97. The smallest absolute Gasteiger partial charge is 0.159 e. The highest BCUT2D eigenvalue weighted by atomic mass is 32.2. The van der Waals surface area contributed by atoms with E-state index in [1.54, 1.807) is 17.8 Å². The van der Waals surface area contributed by atoms with Gasteiger partial charge >= 0.3 is 0 Å². The largest absolute Gasteiger partial charge is 0.313 e. The van der Waals surface area contributed by atoms with Crippen LogP contribution < -0.4 is 5.32 Å². The van der Waals surface area contributed by atoms with Crippen LogP contribution in [0.25, 0.3) is 0 Å². The Bertz CT molecular complexity index is 572. The number of hydrogen-bond acceptors (Lipinski definition) is 2. The molecule has 0 bridgehead atoms. The molecule has 2 aromatic carbocycles. The average molecular weight is 293 g/mol. The summed E-state index contributed by atoms with van der Waals surface area (Å²) in [5, 5.41) is 3.28. The molecule has 0 unspecified atom stereocenters. The van der Waals surface area contributed by atoms with Crippen molar-refractivity contribution in [2.45, 2.75) is 24.1 Å². The molecule has 0 spiro atoms. The van der Waals surface area contributed by atoms with Crippen LogP contribution in [-0.2, 0) is 12.3 Å². The van der Waals surface area contributed by atoms with Crippen LogP contribution in [0.3, 0.4) is 0 Å². The van der Waals surface area contributed by atoms with Gasteiger partial charge in [-0.3, -0.25) is 0 Å². The van der Waals surface area contributed by atoms with Gasteiger partial charge in [0.15, 0.2) is 11.6 Å². The molecule has 0 saturated heterocycles. The zero-order chi connectivity index (χ0) is 14.4. The first kappa shape index (κ1) is 15.0. The minimum atomic E-state index is -0.800. The van der Waals surface area contributed by atoms with Crippen LogP contribution in [0.2, 0.25) is 0 Å². The number of thioether (sulfide) groups is 1. The quantitative estimate of drug-likeness (QED) is 0.794. The molecule has 0 aromatic heterocycles. The monoisotopic (exact) mass is 293 g/mol. The van der Waals surface area contributed by atoms with E-state index < -0.39 is 11.6 Å². The summed E-state index contributed by atoms with van der Waals surface area (Å²) in [6.07, 6.45) is 0. The maximum atomic E-state index is 13.1. The van der Waals surface area contributed by atoms with E-state index in [-0.39, 0.29) is 0 Å². The molecule has 0 aliphatic heterocycles. The van der Waals surface area contributed by atoms with Gasteiger partial charge in [0, 0.05) is 17.2 Å². The summed E-state index contributed by atoms with van der Waals surface area (Å²) in [7, 11) is 0. The number of nitrogens with one attached hydrogen (secondary N) is 1. The van der Waals surface area contributed by atoms with Gasteiger partial charge in [-0.2, -0.15) is 0 Å². The summed E-state index contributed by atoms with van der Waals surface area (Å²) in [6.45, 7) is 3.85. The topological polar surface area (TPSA) is 12.0 Å². The first-order valence-electron chi connectivity index (χ1n) is 6.55. The first-order valence-corrected chi connectivity index (χ1v) is 7.54. The summed E-state index contributed by atoms with van der Waals surface area (Å²) in [6, 6.07) is 12.3. The molecule has 0 aliphatic carbocycles. The SMILES string of the molecule is CCNCc1cccc(SCc2ccc(F)c(F)c2)c1. The molecule has 0 atom stereocenters. The summed E-state index contributed by atoms with van der Waals surface area (Å²) in [5.41, 5.74) is 2.01. The number of hydrogen-bond donors (Lipinski definition) is 1. The van der Waals surface area contributed by atoms with Crippen molar-refractivity contribution in [1.82, 2.24) is 5.32 Å². The van der Waals surface area contributed by atoms with E-state index in [0.717, 1.165) is 23.5 Å². The third-order valence-electron chi connectivity index (χ3n) is 2.87. The van der Waals surface area contributed by atoms with Crippen molar-refractivity contribution >= 4 is 11.8 Å². The Hall–Kier alpha value is -1.39. The number of rotatable bonds is 6. The van der Waals surface area contributed by atoms with E-state index in [0.29, 0.717) is 5.75 Å². The summed E-state index contributed by atoms with van der Waals surface area (Å²) in [5.74, 6) is -0.961. The molecular formula is C16H17F2NS. The molecule has 2 aromatic rings. The second kappa shape index (κ2) is 7.41. The lowest BCUT2D eigenvalue weighted by Gasteiger charge is -2.06. The Morgan fingerprint density at radius 3 is 2.60 bits per heavy atom. The van der Waals surface area contributed by atoms with Crippen LogP contribution in [0.15, 0.2) is 47.4 Å². The summed E-state index contributed by atoms with van der Waals surface area (Å²) in [4.78, 5) is 1.13. The maximum absolute atomic E-state index is 13.1. The van der Waals surface area contributed by atoms with Crippen LogP contribution >= 0.6 is 11.8 Å². The molecule has 1 nitrogen and oxygen atoms in total. The van der Waals surface area contributed by atoms with E-state index in [1.165, 1.54) is 17.7 Å². The molecule has 0 amide bonds. The van der Waals surface area contributed by atoms with Crippen LogP contribution in [0.5, 0.6) is 0 Å². The Labute approximate surface area is 122 Å². The molecular weight excluding hydrogens is 276 g/mol. The third-order valence-corrected chi connectivity index (χ3v) is 3.93. The van der Waals surface area contributed by atoms with Crippen molar-refractivity contribution in [2.75, 3.05) is 6.54 Å². The van der Waals surface area contributed by atoms with Crippen molar-refractivity contribution in [1.29, 1.82) is 0 Å². The summed E-state index contributed by atoms with van der Waals surface area (Å²) < 4.78 is 26.0. The van der Waals surface area contributed by atoms with Gasteiger partial charge in [-0.25, -0.2) is 8.78 Å². The van der Waals surface area contributed by atoms with Gasteiger partial charge in [-0.05, 0) is 41.9 Å². The van der Waals surface area contributed by atoms with E-state index >= 15 is 0 Å². The fraction of sp³-hybridized carbons (Fsp3) is 0.250. The standard InChI is InChI=1S/C16H17F2NS/c1-2-19-10-12-4-3-5-14(8-12)20-11-13-6-7-15(17)16(18)9-13/h3-9,19H,2,10-11H2,1H3. The second-order valence-corrected chi connectivity index (χ2v) is 5.51. The highest BCUT2D eigenvalue weighted by molar-refractivity contribution is 7.98. The van der Waals surface area contributed by atoms with Crippen LogP contribution in [0.4, 0.5) is 8.78 Å². The Kier molecular flexibility index (Phi) is 5.56. The van der Waals surface area contributed by atoms with Gasteiger partial charge in [0.05, 0.1) is 0 Å². The highest BCUT2D eigenvalue weighted by Gasteiger charge is 2.03. The van der Waals surface area contributed by atoms with Gasteiger partial charge < -0.3 is 5.32 Å². The summed E-state index contributed by atoms with van der Waals surface area (Å²) >= 11 is 1.62. The number of halogens is 2. The lowest BCUT2D eigenvalue weighted by atomic mass is 10.2. The first-order chi connectivity index (χ1) is 9.69. The maximum Gasteiger partial charge on any atom is 0.159 e. The molecule has 0 fully saturated rings. The lowest BCUT2D eigenvalue weighted by Crippen LogP contribution is -2.11. The minimum Gasteiger partial charge on any atom is -0.313 e. The molecule has 4 heteroatoms. The Morgan fingerprint density at radius 2 is 1.85 bits per heavy atom. The van der Waals surface area contributed by atoms with Crippen LogP contribution in [-0.4, -0.2) is 6.54 Å². The molecule has 20 heavy (non-hydrogen) atoms. The van der Waals surface area contributed by atoms with Gasteiger partial charge in [-0.1, -0.05) is 25.1 Å². The number of benzene rings is 2. The van der Waals surface area contributed by atoms with Crippen molar-refractivity contribution in [3.05, 3.63) is 65.2 Å². The fourth-order valence-corrected chi connectivity index (χ4v) is 2.73. The normalized spacial score (nSPS) is 10.8. The van der Waals surface area contributed by atoms with Gasteiger partial charge in [0.1, 0.15) is 0 Å². The van der Waals surface area contributed by atoms with Gasteiger partial charge in [0.2, 0.25) is 0 Å². The highest BCUT2D eigenvalue weighted by Crippen LogP contribution is 2.24. The van der Waals surface area contributed by atoms with Gasteiger partial charge in [0.25, 0.3) is 0 Å². The average Bonchev–Trinajstić information content (AvgIpc) is 2.47. The predicted octanol–water partition coefficient (Wildman–Crippen LogP) is 4.37. The lowest BCUT2D eigenvalue weighted by molar-refractivity contribution is 0.507. The van der Waals surface area contributed by atoms with Crippen molar-refractivity contribution in [3.8, 4) is 0 Å². The Morgan fingerprint density at radius 1 is 1.00 bits per heavy atom. The third kappa shape index (κ3) is 4.32. The van der Waals surface area contributed by atoms with E-state index in [9.17, 15) is 8.78 Å². The zero-order valence-electron chi connectivity index (χ0n) is 11.3. The molecule has 0 saturated carbocycles. The van der Waals surface area contributed by atoms with Crippen LogP contribution in [0.1, 0.15) is 18.1 Å². The predicted molar refractivity (Wildman–Crippen MR) is 79.7 cm³/mol. The molecule has 1 N–H and O–H groups in total. The van der Waals surface area contributed by atoms with Crippen molar-refractivity contribution < 1.29 is 8.78 Å². The molecule has 2 rings (SSSR count). The van der Waals surface area contributed by atoms with E-state index in [4.69, 9.17) is 0 Å². The van der Waals surface area contributed by atoms with E-state index in [2.05, 4.69) is 24.4 Å². The van der Waals surface area contributed by atoms with Gasteiger partial charge in [-0.15, -0.1) is 11.8 Å². The molecule has 106 valence electrons. The molecule has 0 aliphatic rings. The van der Waals surface area contributed by atoms with Crippen LogP contribution in [0, 0.1) is 11.6 Å². The zero-order valence-corrected chi connectivity index (χ0v) is 12.1. The fourth-order valence-electron chi connectivity index (χ4n) is 1.81. The minimum absolute atomic E-state index is 0.627. The van der Waals surface area contributed by atoms with Crippen molar-refractivity contribution in [3.63, 3.8) is 0 Å². The molecule has 0 heterocycles. The second-order valence-electron chi connectivity index (χ2n) is 4.46. The van der Waals surface area contributed by atoms with Crippen molar-refractivity contribution in [2.24, 2.45) is 0 Å². The molecule has 0 radical (unpaired) electrons.